The van der Waals surface area contributed by atoms with Crippen LogP contribution < -0.4 is 0 Å². The summed E-state index contributed by atoms with van der Waals surface area (Å²) in [4.78, 5) is 0. The van der Waals surface area contributed by atoms with E-state index >= 15 is 0 Å². The molecule has 0 aromatic heterocycles. The Hall–Kier alpha value is 0.929. The summed E-state index contributed by atoms with van der Waals surface area (Å²) in [6.07, 6.45) is 12.5. The van der Waals surface area contributed by atoms with E-state index in [0.29, 0.717) is 0 Å². The van der Waals surface area contributed by atoms with Crippen LogP contribution in [0.4, 0.5) is 0 Å². The molecule has 2 aliphatic carbocycles. The first-order valence-corrected chi connectivity index (χ1v) is 30.3. The van der Waals surface area contributed by atoms with Crippen LogP contribution in [0.3, 0.4) is 0 Å². The van der Waals surface area contributed by atoms with E-state index in [1.165, 1.54) is 12.8 Å². The molecule has 3 heteroatoms. The molecule has 0 heterocycles. The maximum absolute atomic E-state index is 2.70. The van der Waals surface area contributed by atoms with E-state index in [4.69, 9.17) is 0 Å². The molecule has 21 heavy (non-hydrogen) atoms. The first kappa shape index (κ1) is 18.3. The number of hydrogen-bond donors (Lipinski definition) is 0. The van der Waals surface area contributed by atoms with Gasteiger partial charge in [-0.25, -0.2) is 0 Å². The summed E-state index contributed by atoms with van der Waals surface area (Å²) in [7, 11) is 0. The normalized spacial score (nSPS) is 20.2. The Morgan fingerprint density at radius 1 is 0.714 bits per heavy atom. The van der Waals surface area contributed by atoms with Crippen LogP contribution in [0.2, 0.25) is 43.8 Å². The van der Waals surface area contributed by atoms with Gasteiger partial charge in [-0.2, -0.15) is 0 Å². The Balaban J connectivity index is 2.54. The summed E-state index contributed by atoms with van der Waals surface area (Å²) in [5.41, 5.74) is 0. The van der Waals surface area contributed by atoms with Gasteiger partial charge < -0.3 is 0 Å². The van der Waals surface area contributed by atoms with Gasteiger partial charge in [-0.3, -0.25) is 0 Å². The molecular formula is C18H32Ge2Zr. The van der Waals surface area contributed by atoms with Crippen molar-refractivity contribution in [3.8, 4) is 0 Å². The van der Waals surface area contributed by atoms with Crippen molar-refractivity contribution < 1.29 is 20.3 Å². The number of hydrogen-bond acceptors (Lipinski definition) is 0. The quantitative estimate of drug-likeness (QED) is 0.404. The SMILES string of the molecule is [CH3][Ge]([CH3])([CH3])[C]1=[C]([Zr]([CH3])([CH3])[C]2=[C]([Ge]([CH3])([CH3])[CH3])C=CC2)CC=C1. The van der Waals surface area contributed by atoms with Gasteiger partial charge in [-0.05, 0) is 0 Å². The third kappa shape index (κ3) is 3.71. The van der Waals surface area contributed by atoms with Crippen molar-refractivity contribution >= 4 is 26.5 Å². The van der Waals surface area contributed by atoms with Crippen LogP contribution in [0.1, 0.15) is 12.8 Å². The summed E-state index contributed by atoms with van der Waals surface area (Å²) < 4.78 is 13.0. The first-order chi connectivity index (χ1) is 9.45. The van der Waals surface area contributed by atoms with Gasteiger partial charge >= 0.3 is 143 Å². The molecule has 0 aromatic carbocycles. The molecule has 0 fully saturated rings. The zero-order chi connectivity index (χ0) is 16.1. The van der Waals surface area contributed by atoms with Gasteiger partial charge in [0.2, 0.25) is 0 Å². The van der Waals surface area contributed by atoms with E-state index in [1.807, 2.05) is 15.4 Å². The monoisotopic (exact) mass is 486 g/mol. The average Bonchev–Trinajstić information content (AvgIpc) is 2.97. The molecule has 0 atom stereocenters. The van der Waals surface area contributed by atoms with Gasteiger partial charge in [-0.1, -0.05) is 0 Å². The summed E-state index contributed by atoms with van der Waals surface area (Å²) >= 11 is -5.77. The van der Waals surface area contributed by atoms with Crippen molar-refractivity contribution in [1.29, 1.82) is 0 Å². The van der Waals surface area contributed by atoms with Crippen LogP contribution in [-0.2, 0) is 20.3 Å². The van der Waals surface area contributed by atoms with Crippen LogP contribution in [0.5, 0.6) is 0 Å². The molecule has 2 rings (SSSR count). The standard InChI is InChI=1S/2C8H13Ge.2CH3.Zr/c2*1-9(2,3)8-6-4-5-7-8;;;/h2*4,6H,5H2,1-3H3;2*1H3;. The second-order valence-corrected chi connectivity index (χ2v) is 41.2. The third-order valence-corrected chi connectivity index (χ3v) is 26.1. The molecule has 0 bridgehead atoms. The van der Waals surface area contributed by atoms with E-state index in [9.17, 15) is 0 Å². The molecule has 0 N–H and O–H groups in total. The Morgan fingerprint density at radius 2 is 1.05 bits per heavy atom. The Kier molecular flexibility index (Phi) is 5.30. The summed E-state index contributed by atoms with van der Waals surface area (Å²) in [6.45, 7) is 0. The molecule has 116 valence electrons. The molecule has 0 nitrogen and oxygen atoms in total. The van der Waals surface area contributed by atoms with Gasteiger partial charge in [0.15, 0.2) is 0 Å². The fourth-order valence-corrected chi connectivity index (χ4v) is 35.6. The molecule has 0 radical (unpaired) electrons. The van der Waals surface area contributed by atoms with Crippen molar-refractivity contribution in [1.82, 2.24) is 0 Å². The van der Waals surface area contributed by atoms with Gasteiger partial charge in [-0.15, -0.1) is 0 Å². The van der Waals surface area contributed by atoms with Crippen LogP contribution in [0.25, 0.3) is 0 Å². The van der Waals surface area contributed by atoms with Crippen LogP contribution in [0, 0.1) is 0 Å². The molecular weight excluding hydrogens is 453 g/mol. The molecule has 0 saturated heterocycles. The number of rotatable bonds is 4. The minimum absolute atomic E-state index is 1.27. The molecule has 0 spiro atoms. The van der Waals surface area contributed by atoms with Crippen molar-refractivity contribution in [3.05, 3.63) is 39.7 Å². The molecule has 0 aromatic rings. The Morgan fingerprint density at radius 3 is 1.33 bits per heavy atom. The Labute approximate surface area is 142 Å². The van der Waals surface area contributed by atoms with Crippen LogP contribution in [0.15, 0.2) is 39.7 Å². The zero-order valence-corrected chi connectivity index (χ0v) is 21.9. The molecule has 0 aliphatic heterocycles. The fourth-order valence-electron chi connectivity index (χ4n) is 3.78. The summed E-state index contributed by atoms with van der Waals surface area (Å²) in [5.74, 6) is 15.4. The van der Waals surface area contributed by atoms with Gasteiger partial charge in [0.05, 0.1) is 0 Å². The topological polar surface area (TPSA) is 0 Å². The average molecular weight is 485 g/mol. The van der Waals surface area contributed by atoms with E-state index in [1.54, 1.807) is 0 Å². The predicted octanol–water partition coefficient (Wildman–Crippen LogP) is 6.42. The first-order valence-electron chi connectivity index (χ1n) is 8.27. The van der Waals surface area contributed by atoms with Gasteiger partial charge in [0.25, 0.3) is 0 Å². The zero-order valence-electron chi connectivity index (χ0n) is 15.2. The predicted molar refractivity (Wildman–Crippen MR) is 100.0 cm³/mol. The molecule has 0 saturated carbocycles. The van der Waals surface area contributed by atoms with Gasteiger partial charge in [0.1, 0.15) is 0 Å². The Bertz CT molecular complexity index is 511. The molecule has 0 unspecified atom stereocenters. The van der Waals surface area contributed by atoms with E-state index in [0.717, 1.165) is 0 Å². The van der Waals surface area contributed by atoms with E-state index < -0.39 is 46.8 Å². The van der Waals surface area contributed by atoms with Gasteiger partial charge in [0, 0.05) is 0 Å². The second kappa shape index (κ2) is 6.10. The van der Waals surface area contributed by atoms with Crippen LogP contribution >= 0.6 is 0 Å². The van der Waals surface area contributed by atoms with Crippen LogP contribution in [-0.4, -0.2) is 26.5 Å². The number of allylic oxidation sites excluding steroid dienone is 8. The molecule has 0 amide bonds. The van der Waals surface area contributed by atoms with Crippen molar-refractivity contribution in [3.63, 3.8) is 0 Å². The van der Waals surface area contributed by atoms with Crippen molar-refractivity contribution in [2.24, 2.45) is 0 Å². The van der Waals surface area contributed by atoms with E-state index in [2.05, 4.69) is 68.1 Å². The third-order valence-electron chi connectivity index (χ3n) is 4.99. The maximum atomic E-state index is 2.70. The minimum atomic E-state index is -2.33. The summed E-state index contributed by atoms with van der Waals surface area (Å²) in [5, 5.41) is 0. The summed E-state index contributed by atoms with van der Waals surface area (Å²) in [6, 6.07) is 0. The van der Waals surface area contributed by atoms with Crippen molar-refractivity contribution in [2.75, 3.05) is 0 Å². The van der Waals surface area contributed by atoms with Crippen molar-refractivity contribution in [2.45, 2.75) is 56.6 Å². The second-order valence-electron chi connectivity index (χ2n) is 9.12. The fraction of sp³-hybridized carbons (Fsp3) is 0.556. The molecule has 2 aliphatic rings. The van der Waals surface area contributed by atoms with E-state index in [-0.39, 0.29) is 0 Å².